The van der Waals surface area contributed by atoms with Gasteiger partial charge in [0, 0.05) is 38.3 Å². The van der Waals surface area contributed by atoms with Crippen LogP contribution in [-0.4, -0.2) is 26.7 Å². The Kier molecular flexibility index (Phi) is 4.36. The van der Waals surface area contributed by atoms with Crippen molar-refractivity contribution in [3.05, 3.63) is 109 Å². The van der Waals surface area contributed by atoms with Crippen LogP contribution in [-0.2, 0) is 0 Å². The molecule has 0 aliphatic heterocycles. The number of nitrogens with zero attached hydrogens (tertiary/aromatic N) is 1. The van der Waals surface area contributed by atoms with E-state index in [1.54, 1.807) is 6.07 Å². The summed E-state index contributed by atoms with van der Waals surface area (Å²) in [6.45, 7) is 0. The fourth-order valence-electron chi connectivity index (χ4n) is 5.34. The monoisotopic (exact) mass is 452 g/mol. The molecule has 0 aliphatic carbocycles. The third-order valence-corrected chi connectivity index (χ3v) is 6.94. The van der Waals surface area contributed by atoms with Gasteiger partial charge in [0.15, 0.2) is 0 Å². The van der Waals surface area contributed by atoms with Crippen LogP contribution in [0.1, 0.15) is 0 Å². The number of benzene rings is 5. The van der Waals surface area contributed by atoms with E-state index in [1.165, 1.54) is 10.8 Å². The van der Waals surface area contributed by atoms with Gasteiger partial charge in [0.1, 0.15) is 0 Å². The zero-order valence-corrected chi connectivity index (χ0v) is 18.8. The van der Waals surface area contributed by atoms with Crippen LogP contribution in [0.5, 0.6) is 0 Å². The molecule has 0 radical (unpaired) electrons. The number of hydrogen-bond acceptors (Lipinski definition) is 2. The third kappa shape index (κ3) is 3.03. The molecule has 2 aromatic heterocycles. The van der Waals surface area contributed by atoms with E-state index in [-0.39, 0.29) is 0 Å². The molecule has 0 bridgehead atoms. The first-order valence-electron chi connectivity index (χ1n) is 11.7. The molecule has 5 heteroatoms. The lowest BCUT2D eigenvalue weighted by Crippen LogP contribution is -2.29. The highest BCUT2D eigenvalue weighted by Gasteiger charge is 2.19. The van der Waals surface area contributed by atoms with Crippen LogP contribution in [0.25, 0.3) is 60.4 Å². The second-order valence-electron chi connectivity index (χ2n) is 8.96. The van der Waals surface area contributed by atoms with E-state index in [2.05, 4.69) is 82.3 Å². The van der Waals surface area contributed by atoms with Gasteiger partial charge < -0.3 is 19.6 Å². The molecule has 0 fully saturated rings. The van der Waals surface area contributed by atoms with Crippen molar-refractivity contribution in [1.82, 2.24) is 9.55 Å². The number of hydrogen-bond donors (Lipinski definition) is 3. The third-order valence-electron chi connectivity index (χ3n) is 6.94. The van der Waals surface area contributed by atoms with Crippen LogP contribution >= 0.6 is 0 Å². The summed E-state index contributed by atoms with van der Waals surface area (Å²) in [5, 5.41) is 24.0. The molecule has 7 aromatic rings. The minimum absolute atomic E-state index is 0.484. The maximum absolute atomic E-state index is 9.78. The largest absolute Gasteiger partial charge is 0.488 e. The van der Waals surface area contributed by atoms with Gasteiger partial charge in [0.05, 0.1) is 16.6 Å². The molecule has 7 rings (SSSR count). The summed E-state index contributed by atoms with van der Waals surface area (Å²) < 4.78 is 2.27. The highest BCUT2D eigenvalue weighted by Crippen LogP contribution is 2.38. The minimum Gasteiger partial charge on any atom is -0.423 e. The van der Waals surface area contributed by atoms with Crippen LogP contribution < -0.4 is 5.46 Å². The number of aromatic nitrogens is 2. The number of rotatable bonds is 3. The van der Waals surface area contributed by atoms with E-state index >= 15 is 0 Å². The SMILES string of the molecule is OB(O)c1ccc2c(c1)c1ccccc1n2-c1cc(-c2ccccc2)c2[nH]c3ccccc3c2c1. The Hall–Kier alpha value is -4.32. The van der Waals surface area contributed by atoms with Crippen LogP contribution in [0.3, 0.4) is 0 Å². The predicted octanol–water partition coefficient (Wildman–Crippen LogP) is 5.77. The zero-order valence-electron chi connectivity index (χ0n) is 18.8. The Morgan fingerprint density at radius 3 is 2.14 bits per heavy atom. The van der Waals surface area contributed by atoms with Crippen LogP contribution in [0.2, 0.25) is 0 Å². The molecule has 166 valence electrons. The Balaban J connectivity index is 1.62. The van der Waals surface area contributed by atoms with Gasteiger partial charge in [0.25, 0.3) is 0 Å². The van der Waals surface area contributed by atoms with Gasteiger partial charge in [-0.25, -0.2) is 0 Å². The normalized spacial score (nSPS) is 11.7. The van der Waals surface area contributed by atoms with Crippen molar-refractivity contribution in [3.8, 4) is 16.8 Å². The average Bonchev–Trinajstić information content (AvgIpc) is 3.44. The van der Waals surface area contributed by atoms with Crippen molar-refractivity contribution in [2.75, 3.05) is 0 Å². The molecule has 0 amide bonds. The summed E-state index contributed by atoms with van der Waals surface area (Å²) in [4.78, 5) is 3.65. The van der Waals surface area contributed by atoms with Gasteiger partial charge in [-0.2, -0.15) is 0 Å². The van der Waals surface area contributed by atoms with Crippen molar-refractivity contribution in [1.29, 1.82) is 0 Å². The van der Waals surface area contributed by atoms with Crippen LogP contribution in [0, 0.1) is 0 Å². The second kappa shape index (κ2) is 7.60. The molecule has 4 nitrogen and oxygen atoms in total. The van der Waals surface area contributed by atoms with Gasteiger partial charge >= 0.3 is 7.12 Å². The first kappa shape index (κ1) is 20.1. The zero-order chi connectivity index (χ0) is 23.5. The van der Waals surface area contributed by atoms with E-state index in [9.17, 15) is 10.0 Å². The summed E-state index contributed by atoms with van der Waals surface area (Å²) in [6, 6.07) is 37.3. The number of para-hydroxylation sites is 2. The maximum Gasteiger partial charge on any atom is 0.488 e. The molecule has 3 N–H and O–H groups in total. The predicted molar refractivity (Wildman–Crippen MR) is 145 cm³/mol. The molecule has 0 spiro atoms. The fourth-order valence-corrected chi connectivity index (χ4v) is 5.34. The van der Waals surface area contributed by atoms with E-state index in [0.29, 0.717) is 5.46 Å². The summed E-state index contributed by atoms with van der Waals surface area (Å²) >= 11 is 0. The fraction of sp³-hybridized carbons (Fsp3) is 0. The molecule has 0 saturated heterocycles. The first-order valence-corrected chi connectivity index (χ1v) is 11.7. The summed E-state index contributed by atoms with van der Waals surface area (Å²) in [5.41, 5.74) is 8.16. The number of H-pyrrole nitrogens is 1. The average molecular weight is 452 g/mol. The highest BCUT2D eigenvalue weighted by molar-refractivity contribution is 6.59. The van der Waals surface area contributed by atoms with Crippen molar-refractivity contribution in [2.24, 2.45) is 0 Å². The molecular formula is C30H21BN2O2. The first-order chi connectivity index (χ1) is 17.2. The standard InChI is InChI=1S/C30H21BN2O2/c34-31(35)20-14-15-29-25(16-20)23-11-5-7-13-28(23)33(29)21-17-24(19-8-2-1-3-9-19)30-26(18-21)22-10-4-6-12-27(22)32-30/h1-18,32,34-35H. The molecule has 0 aliphatic rings. The topological polar surface area (TPSA) is 61.2 Å². The Labute approximate surface area is 201 Å². The van der Waals surface area contributed by atoms with Gasteiger partial charge in [-0.15, -0.1) is 0 Å². The molecule has 35 heavy (non-hydrogen) atoms. The summed E-state index contributed by atoms with van der Waals surface area (Å²) in [7, 11) is -1.51. The maximum atomic E-state index is 9.78. The van der Waals surface area contributed by atoms with Crippen molar-refractivity contribution >= 4 is 56.2 Å². The van der Waals surface area contributed by atoms with E-state index in [4.69, 9.17) is 0 Å². The van der Waals surface area contributed by atoms with Gasteiger partial charge in [-0.05, 0) is 41.4 Å². The quantitative estimate of drug-likeness (QED) is 0.299. The molecule has 0 unspecified atom stereocenters. The number of fused-ring (bicyclic) bond motifs is 6. The number of aromatic amines is 1. The van der Waals surface area contributed by atoms with Gasteiger partial charge in [0.2, 0.25) is 0 Å². The lowest BCUT2D eigenvalue weighted by molar-refractivity contribution is 0.426. The summed E-state index contributed by atoms with van der Waals surface area (Å²) in [5.74, 6) is 0. The Morgan fingerprint density at radius 1 is 0.600 bits per heavy atom. The second-order valence-corrected chi connectivity index (χ2v) is 8.96. The molecule has 2 heterocycles. The lowest BCUT2D eigenvalue weighted by atomic mass is 9.80. The van der Waals surface area contributed by atoms with Crippen molar-refractivity contribution in [2.45, 2.75) is 0 Å². The van der Waals surface area contributed by atoms with Crippen molar-refractivity contribution in [3.63, 3.8) is 0 Å². The van der Waals surface area contributed by atoms with E-state index in [0.717, 1.165) is 49.7 Å². The summed E-state index contributed by atoms with van der Waals surface area (Å²) in [6.07, 6.45) is 0. The van der Waals surface area contributed by atoms with E-state index in [1.807, 2.05) is 30.3 Å². The number of nitrogens with one attached hydrogen (secondary N) is 1. The van der Waals surface area contributed by atoms with Crippen molar-refractivity contribution < 1.29 is 10.0 Å². The van der Waals surface area contributed by atoms with Gasteiger partial charge in [-0.1, -0.05) is 78.9 Å². The Bertz CT molecular complexity index is 1880. The highest BCUT2D eigenvalue weighted by atomic mass is 16.4. The lowest BCUT2D eigenvalue weighted by Gasteiger charge is -2.12. The smallest absolute Gasteiger partial charge is 0.423 e. The van der Waals surface area contributed by atoms with Crippen LogP contribution in [0.4, 0.5) is 0 Å². The van der Waals surface area contributed by atoms with Crippen LogP contribution in [0.15, 0.2) is 109 Å². The molecule has 0 atom stereocenters. The Morgan fingerprint density at radius 2 is 1.31 bits per heavy atom. The molecule has 0 saturated carbocycles. The molecule has 5 aromatic carbocycles. The molecular weight excluding hydrogens is 431 g/mol. The minimum atomic E-state index is -1.51. The van der Waals surface area contributed by atoms with Gasteiger partial charge in [-0.3, -0.25) is 0 Å². The van der Waals surface area contributed by atoms with E-state index < -0.39 is 7.12 Å².